The van der Waals surface area contributed by atoms with Crippen molar-refractivity contribution in [2.75, 3.05) is 18.1 Å². The molecule has 0 aliphatic carbocycles. The molecular formula is C43H49N3O7. The van der Waals surface area contributed by atoms with Crippen LogP contribution < -0.4 is 10.2 Å². The Morgan fingerprint density at radius 1 is 1.00 bits per heavy atom. The van der Waals surface area contributed by atoms with Crippen molar-refractivity contribution in [2.45, 2.75) is 82.4 Å². The van der Waals surface area contributed by atoms with E-state index in [1.54, 1.807) is 24.0 Å². The number of rotatable bonds is 15. The number of carbonyl (C=O) groups is 4. The molecule has 8 atom stereocenters. The van der Waals surface area contributed by atoms with Crippen molar-refractivity contribution in [1.82, 2.24) is 10.2 Å². The monoisotopic (exact) mass is 719 g/mol. The lowest BCUT2D eigenvalue weighted by molar-refractivity contribution is -0.162. The van der Waals surface area contributed by atoms with Gasteiger partial charge in [0.15, 0.2) is 0 Å². The second-order valence-corrected chi connectivity index (χ2v) is 14.3. The van der Waals surface area contributed by atoms with Crippen molar-refractivity contribution in [2.24, 2.45) is 11.8 Å². The summed E-state index contributed by atoms with van der Waals surface area (Å²) in [5, 5.41) is 13.9. The van der Waals surface area contributed by atoms with Gasteiger partial charge in [0.2, 0.25) is 11.8 Å². The number of aliphatic hydroxyl groups excluding tert-OH is 1. The number of aryl methyl sites for hydroxylation is 2. The number of nitrogens with one attached hydrogen (secondary N) is 1. The highest BCUT2D eigenvalue weighted by atomic mass is 16.6. The van der Waals surface area contributed by atoms with E-state index < -0.39 is 66.3 Å². The third-order valence-corrected chi connectivity index (χ3v) is 11.0. The molecule has 1 spiro atoms. The number of benzene rings is 3. The van der Waals surface area contributed by atoms with Crippen LogP contribution in [0.1, 0.15) is 67.0 Å². The SMILES string of the molecule is C=CCCC(=O)N[C@@H](C)[C@H](OC(=O)[C@@H]1[C@@H]2CC[C@]3(O2)[C@H](C(=O)N(CC=C)c2c(C)cccc2C)N([C@H](CO)c2ccccc2)C(=O)[C@@H]13)c1ccccc1. The molecule has 3 aliphatic rings. The quantitative estimate of drug-likeness (QED) is 0.153. The van der Waals surface area contributed by atoms with Crippen LogP contribution in [0.15, 0.2) is 104 Å². The first kappa shape index (κ1) is 37.7. The van der Waals surface area contributed by atoms with E-state index in [-0.39, 0.29) is 24.8 Å². The van der Waals surface area contributed by atoms with Crippen LogP contribution in [0.3, 0.4) is 0 Å². The van der Waals surface area contributed by atoms with Gasteiger partial charge in [0, 0.05) is 18.7 Å². The minimum absolute atomic E-state index is 0.170. The van der Waals surface area contributed by atoms with Gasteiger partial charge in [-0.25, -0.2) is 0 Å². The number of hydrogen-bond donors (Lipinski definition) is 2. The van der Waals surface area contributed by atoms with Crippen LogP contribution in [0, 0.1) is 25.7 Å². The Kier molecular flexibility index (Phi) is 11.3. The van der Waals surface area contributed by atoms with Gasteiger partial charge < -0.3 is 29.7 Å². The predicted molar refractivity (Wildman–Crippen MR) is 201 cm³/mol. The average Bonchev–Trinajstić information content (AvgIpc) is 3.81. The Labute approximate surface area is 311 Å². The van der Waals surface area contributed by atoms with Gasteiger partial charge in [-0.1, -0.05) is 91.0 Å². The Balaban J connectivity index is 1.41. The predicted octanol–water partition coefficient (Wildman–Crippen LogP) is 5.69. The van der Waals surface area contributed by atoms with E-state index in [4.69, 9.17) is 9.47 Å². The highest BCUT2D eigenvalue weighted by molar-refractivity contribution is 6.05. The van der Waals surface area contributed by atoms with Gasteiger partial charge in [-0.15, -0.1) is 13.2 Å². The number of hydrogen-bond acceptors (Lipinski definition) is 7. The lowest BCUT2D eigenvalue weighted by Crippen LogP contribution is -2.57. The molecule has 2 N–H and O–H groups in total. The molecule has 3 amide bonds. The zero-order valence-electron chi connectivity index (χ0n) is 30.6. The van der Waals surface area contributed by atoms with Gasteiger partial charge in [-0.05, 0) is 62.3 Å². The number of likely N-dealkylation sites (tertiary alicyclic amines) is 1. The van der Waals surface area contributed by atoms with Gasteiger partial charge >= 0.3 is 5.97 Å². The normalized spacial score (nSPS) is 24.5. The molecule has 0 unspecified atom stereocenters. The van der Waals surface area contributed by atoms with Gasteiger partial charge in [-0.2, -0.15) is 0 Å². The molecule has 3 saturated heterocycles. The molecule has 278 valence electrons. The Morgan fingerprint density at radius 2 is 1.64 bits per heavy atom. The number of allylic oxidation sites excluding steroid dienone is 1. The molecule has 0 aromatic heterocycles. The highest BCUT2D eigenvalue weighted by Gasteiger charge is 2.76. The minimum atomic E-state index is -1.35. The first-order valence-electron chi connectivity index (χ1n) is 18.4. The molecule has 3 fully saturated rings. The summed E-state index contributed by atoms with van der Waals surface area (Å²) in [5.74, 6) is -3.73. The third kappa shape index (κ3) is 6.93. The molecular weight excluding hydrogens is 670 g/mol. The standard InChI is InChI=1S/C43H49N3O7/c1-6-8-22-34(48)44-29(5)38(31-20-13-10-14-21-31)52-42(51)35-33-23-24-43(53-33)36(35)40(49)46(32(26-47)30-18-11-9-12-19-30)39(43)41(50)45(25-7-2)37-27(3)16-15-17-28(37)4/h6-7,9-21,29,32-33,35-36,38-39,47H,1-2,8,22-26H2,3-5H3,(H,44,48)/t29-,32+,33-,35+,36+,38-,39-,43+/m0/s1. The van der Waals surface area contributed by atoms with Crippen LogP contribution in [-0.2, 0) is 28.7 Å². The van der Waals surface area contributed by atoms with Crippen LogP contribution in [0.25, 0.3) is 0 Å². The van der Waals surface area contributed by atoms with Gasteiger partial charge in [-0.3, -0.25) is 19.2 Å². The molecule has 3 heterocycles. The Morgan fingerprint density at radius 3 is 2.25 bits per heavy atom. The molecule has 10 nitrogen and oxygen atoms in total. The second kappa shape index (κ2) is 15.9. The van der Waals surface area contributed by atoms with E-state index >= 15 is 9.59 Å². The number of carbonyl (C=O) groups excluding carboxylic acids is 4. The van der Waals surface area contributed by atoms with Crippen LogP contribution >= 0.6 is 0 Å². The maximum atomic E-state index is 15.2. The first-order valence-corrected chi connectivity index (χ1v) is 18.4. The number of nitrogens with zero attached hydrogens (tertiary/aromatic N) is 2. The Bertz CT molecular complexity index is 1830. The van der Waals surface area contributed by atoms with E-state index in [0.29, 0.717) is 36.1 Å². The zero-order chi connectivity index (χ0) is 37.9. The number of amides is 3. The summed E-state index contributed by atoms with van der Waals surface area (Å²) in [6.45, 7) is 13.0. The Hall–Kier alpha value is -5.06. The number of fused-ring (bicyclic) bond motifs is 1. The van der Waals surface area contributed by atoms with Crippen molar-refractivity contribution in [3.63, 3.8) is 0 Å². The molecule has 10 heteroatoms. The van der Waals surface area contributed by atoms with E-state index in [1.807, 2.05) is 92.7 Å². The molecule has 53 heavy (non-hydrogen) atoms. The number of ether oxygens (including phenoxy) is 2. The fraction of sp³-hybridized carbons (Fsp3) is 0.395. The summed E-state index contributed by atoms with van der Waals surface area (Å²) in [4.78, 5) is 60.7. The summed E-state index contributed by atoms with van der Waals surface area (Å²) in [5.41, 5.74) is 2.45. The van der Waals surface area contributed by atoms with Gasteiger partial charge in [0.25, 0.3) is 5.91 Å². The summed E-state index contributed by atoms with van der Waals surface area (Å²) < 4.78 is 13.1. The van der Waals surface area contributed by atoms with Crippen LogP contribution in [0.2, 0.25) is 0 Å². The summed E-state index contributed by atoms with van der Waals surface area (Å²) in [7, 11) is 0. The van der Waals surface area contributed by atoms with Crippen molar-refractivity contribution >= 4 is 29.4 Å². The molecule has 6 rings (SSSR count). The largest absolute Gasteiger partial charge is 0.455 e. The third-order valence-electron chi connectivity index (χ3n) is 11.0. The van der Waals surface area contributed by atoms with Gasteiger partial charge in [0.05, 0.1) is 36.6 Å². The smallest absolute Gasteiger partial charge is 0.313 e. The number of anilines is 1. The molecule has 3 aromatic carbocycles. The fourth-order valence-corrected chi connectivity index (χ4v) is 8.74. The highest BCUT2D eigenvalue weighted by Crippen LogP contribution is 2.60. The number of esters is 1. The summed E-state index contributed by atoms with van der Waals surface area (Å²) in [6, 6.07) is 21.4. The average molecular weight is 720 g/mol. The van der Waals surface area contributed by atoms with E-state index in [2.05, 4.69) is 18.5 Å². The molecule has 3 aliphatic heterocycles. The molecule has 3 aromatic rings. The maximum Gasteiger partial charge on any atom is 0.313 e. The van der Waals surface area contributed by atoms with E-state index in [1.165, 1.54) is 4.90 Å². The topological polar surface area (TPSA) is 125 Å². The fourth-order valence-electron chi connectivity index (χ4n) is 8.74. The minimum Gasteiger partial charge on any atom is -0.455 e. The lowest BCUT2D eigenvalue weighted by Gasteiger charge is -2.40. The van der Waals surface area contributed by atoms with Crippen LogP contribution in [0.4, 0.5) is 5.69 Å². The maximum absolute atomic E-state index is 15.2. The van der Waals surface area contributed by atoms with E-state index in [9.17, 15) is 14.7 Å². The van der Waals surface area contributed by atoms with Crippen LogP contribution in [0.5, 0.6) is 0 Å². The van der Waals surface area contributed by atoms with Crippen molar-refractivity contribution < 1.29 is 33.8 Å². The molecule has 0 radical (unpaired) electrons. The van der Waals surface area contributed by atoms with Gasteiger partial charge in [0.1, 0.15) is 17.7 Å². The lowest BCUT2D eigenvalue weighted by atomic mass is 9.70. The number of para-hydroxylation sites is 1. The molecule has 2 bridgehead atoms. The summed E-state index contributed by atoms with van der Waals surface area (Å²) >= 11 is 0. The summed E-state index contributed by atoms with van der Waals surface area (Å²) in [6.07, 6.45) is 3.33. The van der Waals surface area contributed by atoms with Crippen molar-refractivity contribution in [3.05, 3.63) is 126 Å². The van der Waals surface area contributed by atoms with E-state index in [0.717, 1.165) is 11.1 Å². The van der Waals surface area contributed by atoms with Crippen molar-refractivity contribution in [1.29, 1.82) is 0 Å². The second-order valence-electron chi connectivity index (χ2n) is 14.3. The van der Waals surface area contributed by atoms with Crippen LogP contribution in [-0.4, -0.2) is 70.6 Å². The zero-order valence-corrected chi connectivity index (χ0v) is 30.6. The number of aliphatic hydroxyl groups is 1. The molecule has 0 saturated carbocycles. The first-order chi connectivity index (χ1) is 25.6. The van der Waals surface area contributed by atoms with Crippen molar-refractivity contribution in [3.8, 4) is 0 Å².